The van der Waals surface area contributed by atoms with Crippen molar-refractivity contribution < 1.29 is 9.18 Å². The molecule has 4 heteroatoms. The van der Waals surface area contributed by atoms with Crippen LogP contribution in [0.25, 0.3) is 0 Å². The van der Waals surface area contributed by atoms with E-state index in [1.807, 2.05) is 13.0 Å². The van der Waals surface area contributed by atoms with Gasteiger partial charge >= 0.3 is 0 Å². The molecule has 0 atom stereocenters. The minimum Gasteiger partial charge on any atom is -0.289 e. The van der Waals surface area contributed by atoms with E-state index in [1.54, 1.807) is 25.1 Å². The number of aryl methyl sites for hydroxylation is 2. The van der Waals surface area contributed by atoms with E-state index in [-0.39, 0.29) is 11.6 Å². The first-order valence-electron chi connectivity index (χ1n) is 5.66. The maximum absolute atomic E-state index is 13.5. The fraction of sp³-hybridized carbons (Fsp3) is 0.133. The molecule has 0 amide bonds. The molecule has 19 heavy (non-hydrogen) atoms. The van der Waals surface area contributed by atoms with Gasteiger partial charge in [0.25, 0.3) is 0 Å². The lowest BCUT2D eigenvalue weighted by atomic mass is 10.0. The van der Waals surface area contributed by atoms with Gasteiger partial charge in [-0.1, -0.05) is 44.0 Å². The number of hydrogen-bond acceptors (Lipinski definition) is 1. The van der Waals surface area contributed by atoms with Crippen molar-refractivity contribution in [3.63, 3.8) is 0 Å². The first kappa shape index (κ1) is 14.4. The van der Waals surface area contributed by atoms with Crippen LogP contribution in [0.4, 0.5) is 4.39 Å². The van der Waals surface area contributed by atoms with Crippen molar-refractivity contribution in [3.8, 4) is 0 Å². The van der Waals surface area contributed by atoms with E-state index >= 15 is 0 Å². The van der Waals surface area contributed by atoms with Crippen molar-refractivity contribution >= 4 is 37.6 Å². The fourth-order valence-corrected chi connectivity index (χ4v) is 2.69. The predicted octanol–water partition coefficient (Wildman–Crippen LogP) is 5.20. The number of benzene rings is 2. The smallest absolute Gasteiger partial charge is 0.194 e. The van der Waals surface area contributed by atoms with Gasteiger partial charge in [-0.2, -0.15) is 0 Å². The van der Waals surface area contributed by atoms with Crippen molar-refractivity contribution in [3.05, 3.63) is 67.3 Å². The van der Waals surface area contributed by atoms with Gasteiger partial charge in [-0.15, -0.1) is 0 Å². The van der Waals surface area contributed by atoms with Gasteiger partial charge < -0.3 is 0 Å². The maximum Gasteiger partial charge on any atom is 0.194 e. The topological polar surface area (TPSA) is 17.1 Å². The second-order valence-electron chi connectivity index (χ2n) is 4.37. The second kappa shape index (κ2) is 5.55. The molecule has 0 unspecified atom stereocenters. The number of ketones is 1. The number of carbonyl (C=O) groups is 1. The van der Waals surface area contributed by atoms with E-state index < -0.39 is 0 Å². The lowest BCUT2D eigenvalue weighted by Gasteiger charge is -2.08. The molecule has 0 saturated carbocycles. The Morgan fingerprint density at radius 3 is 2.32 bits per heavy atom. The molecule has 0 N–H and O–H groups in total. The fourth-order valence-electron chi connectivity index (χ4n) is 1.71. The molecule has 0 fully saturated rings. The molecule has 0 aliphatic carbocycles. The average molecular weight is 386 g/mol. The summed E-state index contributed by atoms with van der Waals surface area (Å²) < 4.78 is 15.1. The Morgan fingerprint density at radius 1 is 1.00 bits per heavy atom. The summed E-state index contributed by atoms with van der Waals surface area (Å²) in [6, 6.07) is 8.14. The van der Waals surface area contributed by atoms with E-state index in [0.717, 1.165) is 10.0 Å². The summed E-state index contributed by atoms with van der Waals surface area (Å²) in [5.74, 6) is -0.570. The summed E-state index contributed by atoms with van der Waals surface area (Å²) in [6.07, 6.45) is 0. The summed E-state index contributed by atoms with van der Waals surface area (Å²) in [7, 11) is 0. The Balaban J connectivity index is 2.49. The van der Waals surface area contributed by atoms with Gasteiger partial charge in [0.2, 0.25) is 0 Å². The minimum absolute atomic E-state index is 0.202. The molecular weight excluding hydrogens is 375 g/mol. The molecule has 0 saturated heterocycles. The third kappa shape index (κ3) is 2.95. The predicted molar refractivity (Wildman–Crippen MR) is 81.1 cm³/mol. The first-order chi connectivity index (χ1) is 8.90. The molecule has 0 radical (unpaired) electrons. The second-order valence-corrected chi connectivity index (χ2v) is 6.08. The zero-order valence-corrected chi connectivity index (χ0v) is 13.6. The largest absolute Gasteiger partial charge is 0.289 e. The molecule has 0 spiro atoms. The SMILES string of the molecule is Cc1ccc(C(=O)c2cc(Br)c(C)cc2Br)cc1F. The van der Waals surface area contributed by atoms with Crippen LogP contribution in [0.1, 0.15) is 27.0 Å². The third-order valence-electron chi connectivity index (χ3n) is 2.93. The van der Waals surface area contributed by atoms with Gasteiger partial charge in [0.15, 0.2) is 5.78 Å². The van der Waals surface area contributed by atoms with Gasteiger partial charge in [0.1, 0.15) is 5.82 Å². The number of carbonyl (C=O) groups excluding carboxylic acids is 1. The quantitative estimate of drug-likeness (QED) is 0.649. The van der Waals surface area contributed by atoms with Gasteiger partial charge in [-0.05, 0) is 43.2 Å². The number of halogens is 3. The van der Waals surface area contributed by atoms with Crippen molar-refractivity contribution in [1.82, 2.24) is 0 Å². The zero-order chi connectivity index (χ0) is 14.2. The van der Waals surface area contributed by atoms with E-state index in [0.29, 0.717) is 21.2 Å². The van der Waals surface area contributed by atoms with Crippen LogP contribution in [0, 0.1) is 19.7 Å². The van der Waals surface area contributed by atoms with Crippen LogP contribution in [0.3, 0.4) is 0 Å². The highest BCUT2D eigenvalue weighted by Gasteiger charge is 2.15. The van der Waals surface area contributed by atoms with Crippen LogP contribution in [0.15, 0.2) is 39.3 Å². The summed E-state index contributed by atoms with van der Waals surface area (Å²) in [6.45, 7) is 3.61. The molecule has 2 aromatic rings. The van der Waals surface area contributed by atoms with Crippen molar-refractivity contribution in [2.45, 2.75) is 13.8 Å². The van der Waals surface area contributed by atoms with Crippen molar-refractivity contribution in [2.75, 3.05) is 0 Å². The summed E-state index contributed by atoms with van der Waals surface area (Å²) in [5.41, 5.74) is 2.42. The zero-order valence-electron chi connectivity index (χ0n) is 10.4. The Bertz CT molecular complexity index is 665. The highest BCUT2D eigenvalue weighted by Crippen LogP contribution is 2.27. The molecule has 2 rings (SSSR count). The van der Waals surface area contributed by atoms with Crippen LogP contribution in [-0.4, -0.2) is 5.78 Å². The van der Waals surface area contributed by atoms with Crippen LogP contribution >= 0.6 is 31.9 Å². The van der Waals surface area contributed by atoms with E-state index in [9.17, 15) is 9.18 Å². The lowest BCUT2D eigenvalue weighted by molar-refractivity contribution is 0.103. The first-order valence-corrected chi connectivity index (χ1v) is 7.25. The van der Waals surface area contributed by atoms with Crippen LogP contribution in [0.5, 0.6) is 0 Å². The van der Waals surface area contributed by atoms with Crippen LogP contribution < -0.4 is 0 Å². The van der Waals surface area contributed by atoms with E-state index in [2.05, 4.69) is 31.9 Å². The van der Waals surface area contributed by atoms with Gasteiger partial charge in [0.05, 0.1) is 0 Å². The monoisotopic (exact) mass is 384 g/mol. The molecule has 98 valence electrons. The highest BCUT2D eigenvalue weighted by molar-refractivity contribution is 9.11. The third-order valence-corrected chi connectivity index (χ3v) is 4.44. The highest BCUT2D eigenvalue weighted by atomic mass is 79.9. The van der Waals surface area contributed by atoms with Gasteiger partial charge in [-0.3, -0.25) is 4.79 Å². The Labute approximate surface area is 128 Å². The van der Waals surface area contributed by atoms with Gasteiger partial charge in [-0.25, -0.2) is 4.39 Å². The average Bonchev–Trinajstić information content (AvgIpc) is 2.36. The Kier molecular flexibility index (Phi) is 4.21. The maximum atomic E-state index is 13.5. The lowest BCUT2D eigenvalue weighted by Crippen LogP contribution is -2.04. The molecule has 0 aliphatic rings. The molecule has 0 aliphatic heterocycles. The minimum atomic E-state index is -0.367. The van der Waals surface area contributed by atoms with Crippen LogP contribution in [-0.2, 0) is 0 Å². The van der Waals surface area contributed by atoms with Crippen molar-refractivity contribution in [2.24, 2.45) is 0 Å². The molecule has 1 nitrogen and oxygen atoms in total. The van der Waals surface area contributed by atoms with Gasteiger partial charge in [0, 0.05) is 20.1 Å². The molecule has 0 bridgehead atoms. The molecule has 0 aromatic heterocycles. The number of hydrogen-bond donors (Lipinski definition) is 0. The van der Waals surface area contributed by atoms with Crippen LogP contribution in [0.2, 0.25) is 0 Å². The normalized spacial score (nSPS) is 10.6. The van der Waals surface area contributed by atoms with E-state index in [4.69, 9.17) is 0 Å². The summed E-state index contributed by atoms with van der Waals surface area (Å²) in [5, 5.41) is 0. The standard InChI is InChI=1S/C15H11Br2FO/c1-8-3-4-10(6-14(8)18)15(19)11-7-12(16)9(2)5-13(11)17/h3-7H,1-2H3. The molecule has 0 heterocycles. The summed E-state index contributed by atoms with van der Waals surface area (Å²) >= 11 is 6.78. The molecular formula is C15H11Br2FO. The Morgan fingerprint density at radius 2 is 1.68 bits per heavy atom. The summed E-state index contributed by atoms with van der Waals surface area (Å²) in [4.78, 5) is 12.4. The Hall–Kier alpha value is -1.00. The molecule has 2 aromatic carbocycles. The van der Waals surface area contributed by atoms with E-state index in [1.165, 1.54) is 6.07 Å². The number of rotatable bonds is 2. The van der Waals surface area contributed by atoms with Crippen molar-refractivity contribution in [1.29, 1.82) is 0 Å².